The van der Waals surface area contributed by atoms with E-state index < -0.39 is 9.84 Å². The summed E-state index contributed by atoms with van der Waals surface area (Å²) in [5.74, 6) is 0.496. The molecule has 5 nitrogen and oxygen atoms in total. The minimum atomic E-state index is -2.86. The summed E-state index contributed by atoms with van der Waals surface area (Å²) < 4.78 is 24.9. The lowest BCUT2D eigenvalue weighted by Gasteiger charge is -2.13. The first kappa shape index (κ1) is 12.6. The highest BCUT2D eigenvalue weighted by molar-refractivity contribution is 7.91. The third kappa shape index (κ3) is 2.52. The van der Waals surface area contributed by atoms with Crippen LogP contribution in [0.4, 0.5) is 0 Å². The molecule has 96 valence electrons. The molecule has 2 N–H and O–H groups in total. The number of hydrogen-bond donors (Lipinski definition) is 1. The first-order valence-corrected chi connectivity index (χ1v) is 7.85. The van der Waals surface area contributed by atoms with Crippen molar-refractivity contribution in [1.82, 2.24) is 9.78 Å². The highest BCUT2D eigenvalue weighted by Crippen LogP contribution is 2.26. The number of hydrogen-bond acceptors (Lipinski definition) is 4. The standard InChI is InChI=1S/C11H19N3O2S/c1-2-3-11-9(6-12)7-13-14(11)10-4-5-17(15,16)8-10/h7,10H,2-6,8,12H2,1H3. The Kier molecular flexibility index (Phi) is 3.53. The van der Waals surface area contributed by atoms with Crippen LogP contribution in [0.5, 0.6) is 0 Å². The Morgan fingerprint density at radius 2 is 2.35 bits per heavy atom. The minimum absolute atomic E-state index is 0.00171. The van der Waals surface area contributed by atoms with Gasteiger partial charge in [-0.05, 0) is 12.8 Å². The Bertz CT molecular complexity index is 493. The molecular weight excluding hydrogens is 238 g/mol. The Morgan fingerprint density at radius 1 is 1.59 bits per heavy atom. The van der Waals surface area contributed by atoms with Crippen LogP contribution < -0.4 is 5.73 Å². The fraction of sp³-hybridized carbons (Fsp3) is 0.727. The second kappa shape index (κ2) is 4.78. The fourth-order valence-corrected chi connectivity index (χ4v) is 4.08. The summed E-state index contributed by atoms with van der Waals surface area (Å²) in [7, 11) is -2.86. The van der Waals surface area contributed by atoms with E-state index in [0.717, 1.165) is 24.1 Å². The average Bonchev–Trinajstić information content (AvgIpc) is 2.82. The van der Waals surface area contributed by atoms with Crippen LogP contribution in [0, 0.1) is 0 Å². The SMILES string of the molecule is CCCc1c(CN)cnn1C1CCS(=O)(=O)C1. The molecule has 1 aliphatic heterocycles. The van der Waals surface area contributed by atoms with E-state index in [0.29, 0.717) is 13.0 Å². The number of nitrogens with zero attached hydrogens (tertiary/aromatic N) is 2. The summed E-state index contributed by atoms with van der Waals surface area (Å²) in [5, 5.41) is 4.33. The highest BCUT2D eigenvalue weighted by Gasteiger charge is 2.31. The quantitative estimate of drug-likeness (QED) is 0.859. The molecule has 0 radical (unpaired) electrons. The van der Waals surface area contributed by atoms with E-state index in [1.165, 1.54) is 0 Å². The zero-order chi connectivity index (χ0) is 12.5. The summed E-state index contributed by atoms with van der Waals surface area (Å²) in [6.45, 7) is 2.57. The molecule has 0 bridgehead atoms. The molecule has 1 aromatic rings. The van der Waals surface area contributed by atoms with Crippen molar-refractivity contribution >= 4 is 9.84 Å². The van der Waals surface area contributed by atoms with Gasteiger partial charge in [0.05, 0.1) is 23.7 Å². The van der Waals surface area contributed by atoms with Crippen LogP contribution in [0.25, 0.3) is 0 Å². The monoisotopic (exact) mass is 257 g/mol. The van der Waals surface area contributed by atoms with Crippen molar-refractivity contribution in [2.75, 3.05) is 11.5 Å². The molecule has 0 aliphatic carbocycles. The Labute approximate surface area is 102 Å². The minimum Gasteiger partial charge on any atom is -0.326 e. The Hall–Kier alpha value is -0.880. The van der Waals surface area contributed by atoms with E-state index in [1.807, 2.05) is 4.68 Å². The summed E-state index contributed by atoms with van der Waals surface area (Å²) in [6, 6.07) is 0.00171. The van der Waals surface area contributed by atoms with Gasteiger partial charge in [0.25, 0.3) is 0 Å². The van der Waals surface area contributed by atoms with E-state index in [4.69, 9.17) is 5.73 Å². The second-order valence-electron chi connectivity index (χ2n) is 4.57. The molecule has 1 fully saturated rings. The van der Waals surface area contributed by atoms with Gasteiger partial charge in [0, 0.05) is 17.8 Å². The number of rotatable bonds is 4. The van der Waals surface area contributed by atoms with E-state index in [1.54, 1.807) is 6.20 Å². The average molecular weight is 257 g/mol. The maximum atomic E-state index is 11.5. The third-order valence-corrected chi connectivity index (χ3v) is 5.00. The first-order chi connectivity index (χ1) is 8.07. The maximum absolute atomic E-state index is 11.5. The molecule has 2 rings (SSSR count). The number of sulfone groups is 1. The van der Waals surface area contributed by atoms with Gasteiger partial charge in [0.15, 0.2) is 9.84 Å². The second-order valence-corrected chi connectivity index (χ2v) is 6.80. The zero-order valence-electron chi connectivity index (χ0n) is 10.1. The van der Waals surface area contributed by atoms with Crippen LogP contribution in [-0.4, -0.2) is 29.7 Å². The maximum Gasteiger partial charge on any atom is 0.152 e. The third-order valence-electron chi connectivity index (χ3n) is 3.25. The smallest absolute Gasteiger partial charge is 0.152 e. The first-order valence-electron chi connectivity index (χ1n) is 6.03. The van der Waals surface area contributed by atoms with Crippen molar-refractivity contribution in [1.29, 1.82) is 0 Å². The van der Waals surface area contributed by atoms with Crippen LogP contribution in [-0.2, 0) is 22.8 Å². The molecule has 6 heteroatoms. The van der Waals surface area contributed by atoms with Crippen LogP contribution in [0.1, 0.15) is 37.1 Å². The van der Waals surface area contributed by atoms with E-state index >= 15 is 0 Å². The lowest BCUT2D eigenvalue weighted by molar-refractivity contribution is 0.477. The molecule has 0 amide bonds. The highest BCUT2D eigenvalue weighted by atomic mass is 32.2. The van der Waals surface area contributed by atoms with Gasteiger partial charge >= 0.3 is 0 Å². The van der Waals surface area contributed by atoms with Gasteiger partial charge < -0.3 is 5.73 Å². The number of nitrogens with two attached hydrogens (primary N) is 1. The van der Waals surface area contributed by atoms with E-state index in [2.05, 4.69) is 12.0 Å². The van der Waals surface area contributed by atoms with Crippen molar-refractivity contribution in [3.05, 3.63) is 17.5 Å². The molecule has 1 aromatic heterocycles. The summed E-state index contributed by atoms with van der Waals surface area (Å²) in [4.78, 5) is 0. The fourth-order valence-electron chi connectivity index (χ4n) is 2.39. The predicted octanol–water partition coefficient (Wildman–Crippen LogP) is 0.654. The zero-order valence-corrected chi connectivity index (χ0v) is 10.9. The van der Waals surface area contributed by atoms with Crippen LogP contribution >= 0.6 is 0 Å². The van der Waals surface area contributed by atoms with Gasteiger partial charge in [-0.2, -0.15) is 5.10 Å². The predicted molar refractivity (Wildman–Crippen MR) is 66.4 cm³/mol. The van der Waals surface area contributed by atoms with E-state index in [-0.39, 0.29) is 17.5 Å². The molecule has 2 heterocycles. The molecule has 1 saturated heterocycles. The molecule has 0 aromatic carbocycles. The summed E-state index contributed by atoms with van der Waals surface area (Å²) in [6.07, 6.45) is 4.36. The van der Waals surface area contributed by atoms with Crippen molar-refractivity contribution in [3.8, 4) is 0 Å². The molecule has 1 unspecified atom stereocenters. The van der Waals surface area contributed by atoms with Crippen molar-refractivity contribution in [3.63, 3.8) is 0 Å². The van der Waals surface area contributed by atoms with Gasteiger partial charge in [-0.15, -0.1) is 0 Å². The summed E-state index contributed by atoms with van der Waals surface area (Å²) in [5.41, 5.74) is 7.82. The van der Waals surface area contributed by atoms with Gasteiger partial charge in [-0.1, -0.05) is 13.3 Å². The Morgan fingerprint density at radius 3 is 2.88 bits per heavy atom. The number of aromatic nitrogens is 2. The molecule has 17 heavy (non-hydrogen) atoms. The lowest BCUT2D eigenvalue weighted by Crippen LogP contribution is -2.16. The van der Waals surface area contributed by atoms with Crippen molar-refractivity contribution < 1.29 is 8.42 Å². The molecule has 0 spiro atoms. The molecule has 0 saturated carbocycles. The Balaban J connectivity index is 2.29. The summed E-state index contributed by atoms with van der Waals surface area (Å²) >= 11 is 0. The van der Waals surface area contributed by atoms with Gasteiger partial charge in [0.1, 0.15) is 0 Å². The molecular formula is C11H19N3O2S. The van der Waals surface area contributed by atoms with Crippen LogP contribution in [0.2, 0.25) is 0 Å². The van der Waals surface area contributed by atoms with Crippen LogP contribution in [0.15, 0.2) is 6.20 Å². The van der Waals surface area contributed by atoms with Crippen molar-refractivity contribution in [2.45, 2.75) is 38.8 Å². The lowest BCUT2D eigenvalue weighted by atomic mass is 10.1. The molecule has 1 atom stereocenters. The topological polar surface area (TPSA) is 78.0 Å². The molecule has 1 aliphatic rings. The van der Waals surface area contributed by atoms with E-state index in [9.17, 15) is 8.42 Å². The van der Waals surface area contributed by atoms with Crippen LogP contribution in [0.3, 0.4) is 0 Å². The van der Waals surface area contributed by atoms with Gasteiger partial charge in [-0.25, -0.2) is 8.42 Å². The van der Waals surface area contributed by atoms with Crippen molar-refractivity contribution in [2.24, 2.45) is 5.73 Å². The largest absolute Gasteiger partial charge is 0.326 e. The van der Waals surface area contributed by atoms with Gasteiger partial charge in [0.2, 0.25) is 0 Å². The van der Waals surface area contributed by atoms with Gasteiger partial charge in [-0.3, -0.25) is 4.68 Å². The normalized spacial score (nSPS) is 23.1.